The van der Waals surface area contributed by atoms with E-state index < -0.39 is 0 Å². The van der Waals surface area contributed by atoms with Crippen molar-refractivity contribution in [3.05, 3.63) is 35.9 Å². The largest absolute Gasteiger partial charge is 0.468 e. The van der Waals surface area contributed by atoms with Gasteiger partial charge in [0.05, 0.1) is 12.2 Å². The van der Waals surface area contributed by atoms with Gasteiger partial charge in [0.15, 0.2) is 0 Å². The van der Waals surface area contributed by atoms with E-state index in [1.54, 1.807) is 7.11 Å². The van der Waals surface area contributed by atoms with Gasteiger partial charge in [0.25, 0.3) is 6.47 Å². The second-order valence-corrected chi connectivity index (χ2v) is 4.93. The molecule has 1 atom stereocenters. The van der Waals surface area contributed by atoms with Gasteiger partial charge in [-0.05, 0) is 25.3 Å². The van der Waals surface area contributed by atoms with Crippen molar-refractivity contribution in [3.63, 3.8) is 0 Å². The molecule has 0 saturated heterocycles. The number of carbonyl (C=O) groups is 1. The van der Waals surface area contributed by atoms with Crippen LogP contribution in [-0.2, 0) is 19.9 Å². The number of ether oxygens (including phenoxy) is 2. The number of unbranched alkanes of at least 4 members (excludes halogenated alkanes) is 3. The van der Waals surface area contributed by atoms with E-state index in [1.165, 1.54) is 5.56 Å². The lowest BCUT2D eigenvalue weighted by Gasteiger charge is -2.28. The molecular weight excluding hydrogens is 254 g/mol. The molecule has 0 radical (unpaired) electrons. The first-order chi connectivity index (χ1) is 9.23. The van der Waals surface area contributed by atoms with Gasteiger partial charge >= 0.3 is 0 Å². The van der Waals surface area contributed by atoms with Crippen LogP contribution in [0.2, 0.25) is 0 Å². The SMILES string of the molecule is COC(C)(CCCCCCOC=O)c1ccccc1.N. The summed E-state index contributed by atoms with van der Waals surface area (Å²) in [6.07, 6.45) is 5.27. The summed E-state index contributed by atoms with van der Waals surface area (Å²) in [5.74, 6) is 0. The van der Waals surface area contributed by atoms with E-state index in [9.17, 15) is 4.79 Å². The molecule has 1 aromatic rings. The van der Waals surface area contributed by atoms with Crippen molar-refractivity contribution < 1.29 is 14.3 Å². The first kappa shape index (κ1) is 18.6. The Balaban J connectivity index is 0.00000361. The summed E-state index contributed by atoms with van der Waals surface area (Å²) in [4.78, 5) is 9.98. The van der Waals surface area contributed by atoms with Crippen molar-refractivity contribution in [2.45, 2.75) is 44.6 Å². The minimum Gasteiger partial charge on any atom is -0.468 e. The highest BCUT2D eigenvalue weighted by molar-refractivity contribution is 5.36. The zero-order chi connectivity index (χ0) is 14.0. The fourth-order valence-electron chi connectivity index (χ4n) is 2.20. The van der Waals surface area contributed by atoms with Gasteiger partial charge in [0, 0.05) is 7.11 Å². The van der Waals surface area contributed by atoms with E-state index >= 15 is 0 Å². The summed E-state index contributed by atoms with van der Waals surface area (Å²) in [6, 6.07) is 10.3. The third-order valence-corrected chi connectivity index (χ3v) is 3.57. The Hall–Kier alpha value is -1.39. The fourth-order valence-corrected chi connectivity index (χ4v) is 2.20. The summed E-state index contributed by atoms with van der Waals surface area (Å²) < 4.78 is 10.4. The van der Waals surface area contributed by atoms with Gasteiger partial charge in [0.1, 0.15) is 0 Å². The molecule has 20 heavy (non-hydrogen) atoms. The highest BCUT2D eigenvalue weighted by Crippen LogP contribution is 2.30. The first-order valence-electron chi connectivity index (χ1n) is 6.89. The van der Waals surface area contributed by atoms with Crippen LogP contribution in [-0.4, -0.2) is 20.2 Å². The number of carbonyl (C=O) groups excluding carboxylic acids is 1. The minimum atomic E-state index is -0.208. The summed E-state index contributed by atoms with van der Waals surface area (Å²) in [6.45, 7) is 3.18. The van der Waals surface area contributed by atoms with Crippen LogP contribution < -0.4 is 6.15 Å². The van der Waals surface area contributed by atoms with Crippen LogP contribution in [0.3, 0.4) is 0 Å². The average molecular weight is 281 g/mol. The lowest BCUT2D eigenvalue weighted by Crippen LogP contribution is -2.24. The molecule has 4 nitrogen and oxygen atoms in total. The van der Waals surface area contributed by atoms with E-state index in [-0.39, 0.29) is 11.8 Å². The number of benzene rings is 1. The normalized spacial score (nSPS) is 13.1. The maximum Gasteiger partial charge on any atom is 0.293 e. The van der Waals surface area contributed by atoms with Crippen LogP contribution >= 0.6 is 0 Å². The maximum absolute atomic E-state index is 9.98. The molecule has 114 valence electrons. The van der Waals surface area contributed by atoms with Crippen LogP contribution in [0.4, 0.5) is 0 Å². The Labute approximate surface area is 122 Å². The van der Waals surface area contributed by atoms with Crippen molar-refractivity contribution in [1.29, 1.82) is 0 Å². The average Bonchev–Trinajstić information content (AvgIpc) is 2.47. The Morgan fingerprint density at radius 2 is 1.75 bits per heavy atom. The quantitative estimate of drug-likeness (QED) is 0.522. The summed E-state index contributed by atoms with van der Waals surface area (Å²) >= 11 is 0. The van der Waals surface area contributed by atoms with E-state index in [0.29, 0.717) is 13.1 Å². The second-order valence-electron chi connectivity index (χ2n) is 4.93. The van der Waals surface area contributed by atoms with Crippen molar-refractivity contribution in [2.24, 2.45) is 0 Å². The van der Waals surface area contributed by atoms with E-state index in [4.69, 9.17) is 4.74 Å². The molecule has 0 saturated carbocycles. The van der Waals surface area contributed by atoms with Crippen molar-refractivity contribution in [2.75, 3.05) is 13.7 Å². The number of methoxy groups -OCH3 is 1. The van der Waals surface area contributed by atoms with Gasteiger partial charge < -0.3 is 15.6 Å². The molecule has 0 amide bonds. The molecule has 0 aromatic heterocycles. The van der Waals surface area contributed by atoms with Crippen LogP contribution in [0.1, 0.15) is 44.6 Å². The molecule has 0 aliphatic rings. The van der Waals surface area contributed by atoms with Crippen LogP contribution in [0.5, 0.6) is 0 Å². The molecule has 0 heterocycles. The van der Waals surface area contributed by atoms with Crippen molar-refractivity contribution in [1.82, 2.24) is 6.15 Å². The highest BCUT2D eigenvalue weighted by Gasteiger charge is 2.24. The smallest absolute Gasteiger partial charge is 0.293 e. The van der Waals surface area contributed by atoms with Crippen molar-refractivity contribution >= 4 is 6.47 Å². The third-order valence-electron chi connectivity index (χ3n) is 3.57. The monoisotopic (exact) mass is 281 g/mol. The predicted molar refractivity (Wildman–Crippen MR) is 80.9 cm³/mol. The minimum absolute atomic E-state index is 0. The van der Waals surface area contributed by atoms with Gasteiger partial charge in [-0.25, -0.2) is 0 Å². The molecule has 0 fully saturated rings. The summed E-state index contributed by atoms with van der Waals surface area (Å²) in [5, 5.41) is 0. The number of hydrogen-bond acceptors (Lipinski definition) is 4. The molecule has 0 aliphatic heterocycles. The molecule has 1 unspecified atom stereocenters. The molecule has 4 heteroatoms. The summed E-state index contributed by atoms with van der Waals surface area (Å²) in [5.41, 5.74) is 1.02. The van der Waals surface area contributed by atoms with Gasteiger partial charge in [0.2, 0.25) is 0 Å². The lowest BCUT2D eigenvalue weighted by atomic mass is 9.90. The molecular formula is C16H27NO3. The van der Waals surface area contributed by atoms with Crippen LogP contribution in [0, 0.1) is 0 Å². The van der Waals surface area contributed by atoms with E-state index in [1.807, 2.05) is 18.2 Å². The third kappa shape index (κ3) is 6.17. The molecule has 0 aliphatic carbocycles. The first-order valence-corrected chi connectivity index (χ1v) is 6.89. The van der Waals surface area contributed by atoms with Crippen molar-refractivity contribution in [3.8, 4) is 0 Å². The Bertz CT molecular complexity index is 356. The number of rotatable bonds is 10. The zero-order valence-corrected chi connectivity index (χ0v) is 12.6. The Morgan fingerprint density at radius 1 is 1.10 bits per heavy atom. The molecule has 0 spiro atoms. The van der Waals surface area contributed by atoms with Gasteiger partial charge in [-0.3, -0.25) is 4.79 Å². The van der Waals surface area contributed by atoms with Gasteiger partial charge in [-0.1, -0.05) is 49.6 Å². The number of hydrogen-bond donors (Lipinski definition) is 1. The maximum atomic E-state index is 9.98. The molecule has 3 N–H and O–H groups in total. The fraction of sp³-hybridized carbons (Fsp3) is 0.562. The highest BCUT2D eigenvalue weighted by atomic mass is 16.5. The standard InChI is InChI=1S/C16H24O3.H3N/c1-16(18-2,15-10-6-5-7-11-15)12-8-3-4-9-13-19-14-17;/h5-7,10-11,14H,3-4,8-9,12-13H2,1-2H3;1H3. The zero-order valence-electron chi connectivity index (χ0n) is 12.6. The van der Waals surface area contributed by atoms with Crippen LogP contribution in [0.25, 0.3) is 0 Å². The second kappa shape index (κ2) is 10.4. The van der Waals surface area contributed by atoms with Gasteiger partial charge in [-0.15, -0.1) is 0 Å². The van der Waals surface area contributed by atoms with E-state index in [2.05, 4.69) is 23.8 Å². The Morgan fingerprint density at radius 3 is 2.35 bits per heavy atom. The molecule has 1 rings (SSSR count). The predicted octanol–water partition coefficient (Wildman–Crippen LogP) is 3.83. The molecule has 1 aromatic carbocycles. The van der Waals surface area contributed by atoms with Crippen LogP contribution in [0.15, 0.2) is 30.3 Å². The molecule has 0 bridgehead atoms. The van der Waals surface area contributed by atoms with Gasteiger partial charge in [-0.2, -0.15) is 0 Å². The Kier molecular flexibility index (Phi) is 9.68. The lowest BCUT2D eigenvalue weighted by molar-refractivity contribution is -0.128. The topological polar surface area (TPSA) is 70.5 Å². The van der Waals surface area contributed by atoms with E-state index in [0.717, 1.165) is 32.1 Å². The summed E-state index contributed by atoms with van der Waals surface area (Å²) in [7, 11) is 1.77.